The third kappa shape index (κ3) is 3.78. The fourth-order valence-corrected chi connectivity index (χ4v) is 1.89. The van der Waals surface area contributed by atoms with Gasteiger partial charge in [-0.1, -0.05) is 36.3 Å². The monoisotopic (exact) mass is 267 g/mol. The maximum atomic E-state index is 9.12. The van der Waals surface area contributed by atoms with Gasteiger partial charge < -0.3 is 15.2 Å². The molecule has 0 amide bonds. The SMILES string of the molecule is C#CCOc1ccccc1CNc1cccc(CO)c1. The van der Waals surface area contributed by atoms with E-state index >= 15 is 0 Å². The zero-order chi connectivity index (χ0) is 14.2. The summed E-state index contributed by atoms with van der Waals surface area (Å²) in [6, 6.07) is 15.5. The summed E-state index contributed by atoms with van der Waals surface area (Å²) >= 11 is 0. The van der Waals surface area contributed by atoms with Crippen LogP contribution in [0.15, 0.2) is 48.5 Å². The van der Waals surface area contributed by atoms with Gasteiger partial charge in [-0.2, -0.15) is 0 Å². The van der Waals surface area contributed by atoms with Crippen LogP contribution in [0.4, 0.5) is 5.69 Å². The summed E-state index contributed by atoms with van der Waals surface area (Å²) in [7, 11) is 0. The van der Waals surface area contributed by atoms with Gasteiger partial charge in [-0.15, -0.1) is 6.42 Å². The van der Waals surface area contributed by atoms with Crippen molar-refractivity contribution in [1.82, 2.24) is 0 Å². The summed E-state index contributed by atoms with van der Waals surface area (Å²) in [6.07, 6.45) is 5.21. The molecular formula is C17H17NO2. The van der Waals surface area contributed by atoms with E-state index in [9.17, 15) is 0 Å². The molecule has 0 aliphatic carbocycles. The summed E-state index contributed by atoms with van der Waals surface area (Å²) in [4.78, 5) is 0. The fraction of sp³-hybridized carbons (Fsp3) is 0.176. The summed E-state index contributed by atoms with van der Waals surface area (Å²) in [5, 5.41) is 12.4. The first kappa shape index (κ1) is 14.0. The van der Waals surface area contributed by atoms with Crippen LogP contribution in [0, 0.1) is 12.3 Å². The number of terminal acetylenes is 1. The van der Waals surface area contributed by atoms with E-state index in [1.807, 2.05) is 48.5 Å². The van der Waals surface area contributed by atoms with Crippen molar-refractivity contribution in [2.75, 3.05) is 11.9 Å². The van der Waals surface area contributed by atoms with E-state index in [0.717, 1.165) is 22.6 Å². The molecule has 0 heterocycles. The Bertz CT molecular complexity index is 602. The number of benzene rings is 2. The highest BCUT2D eigenvalue weighted by Crippen LogP contribution is 2.20. The molecule has 0 saturated heterocycles. The van der Waals surface area contributed by atoms with Gasteiger partial charge in [0.1, 0.15) is 12.4 Å². The van der Waals surface area contributed by atoms with Crippen molar-refractivity contribution in [3.8, 4) is 18.1 Å². The van der Waals surface area contributed by atoms with Crippen LogP contribution in [0.5, 0.6) is 5.75 Å². The molecule has 3 nitrogen and oxygen atoms in total. The summed E-state index contributed by atoms with van der Waals surface area (Å²) in [5.74, 6) is 3.25. The molecule has 2 aromatic carbocycles. The number of rotatable bonds is 6. The highest BCUT2D eigenvalue weighted by atomic mass is 16.5. The summed E-state index contributed by atoms with van der Waals surface area (Å²) in [5.41, 5.74) is 2.88. The standard InChI is InChI=1S/C17H17NO2/c1-2-10-20-17-9-4-3-7-15(17)12-18-16-8-5-6-14(11-16)13-19/h1,3-9,11,18-19H,10,12-13H2. The minimum atomic E-state index is 0.0391. The van der Waals surface area contributed by atoms with E-state index in [4.69, 9.17) is 16.3 Å². The van der Waals surface area contributed by atoms with Gasteiger partial charge in [0.2, 0.25) is 0 Å². The molecule has 102 valence electrons. The van der Waals surface area contributed by atoms with Gasteiger partial charge in [0.15, 0.2) is 0 Å². The van der Waals surface area contributed by atoms with Crippen molar-refractivity contribution in [3.63, 3.8) is 0 Å². The molecule has 0 unspecified atom stereocenters. The predicted molar refractivity (Wildman–Crippen MR) is 80.5 cm³/mol. The molecular weight excluding hydrogens is 250 g/mol. The van der Waals surface area contributed by atoms with Crippen LogP contribution in [0.1, 0.15) is 11.1 Å². The second-order valence-electron chi connectivity index (χ2n) is 4.31. The minimum absolute atomic E-state index is 0.0391. The van der Waals surface area contributed by atoms with Crippen molar-refractivity contribution in [2.45, 2.75) is 13.2 Å². The Morgan fingerprint density at radius 1 is 1.15 bits per heavy atom. The summed E-state index contributed by atoms with van der Waals surface area (Å²) < 4.78 is 5.50. The molecule has 3 heteroatoms. The Hall–Kier alpha value is -2.44. The molecule has 2 aromatic rings. The van der Waals surface area contributed by atoms with Gasteiger partial charge in [-0.3, -0.25) is 0 Å². The molecule has 0 bridgehead atoms. The average molecular weight is 267 g/mol. The Balaban J connectivity index is 2.05. The number of hydrogen-bond donors (Lipinski definition) is 2. The third-order valence-corrected chi connectivity index (χ3v) is 2.88. The van der Waals surface area contributed by atoms with E-state index in [-0.39, 0.29) is 13.2 Å². The Morgan fingerprint density at radius 2 is 2.00 bits per heavy atom. The van der Waals surface area contributed by atoms with Crippen molar-refractivity contribution in [1.29, 1.82) is 0 Å². The van der Waals surface area contributed by atoms with Crippen LogP contribution in [0.25, 0.3) is 0 Å². The third-order valence-electron chi connectivity index (χ3n) is 2.88. The number of aliphatic hydroxyl groups is 1. The van der Waals surface area contributed by atoms with Crippen LogP contribution in [-0.2, 0) is 13.2 Å². The fourth-order valence-electron chi connectivity index (χ4n) is 1.89. The van der Waals surface area contributed by atoms with Gasteiger partial charge in [0.05, 0.1) is 6.61 Å². The Kier molecular flexibility index (Phi) is 5.05. The first-order chi connectivity index (χ1) is 9.83. The smallest absolute Gasteiger partial charge is 0.148 e. The van der Waals surface area contributed by atoms with Gasteiger partial charge in [0, 0.05) is 17.8 Å². The van der Waals surface area contributed by atoms with Gasteiger partial charge >= 0.3 is 0 Å². The van der Waals surface area contributed by atoms with Gasteiger partial charge in [0.25, 0.3) is 0 Å². The van der Waals surface area contributed by atoms with Crippen LogP contribution < -0.4 is 10.1 Å². The molecule has 0 aliphatic rings. The van der Waals surface area contributed by atoms with Crippen LogP contribution >= 0.6 is 0 Å². The lowest BCUT2D eigenvalue weighted by molar-refractivity contribution is 0.282. The minimum Gasteiger partial charge on any atom is -0.481 e. The second-order valence-corrected chi connectivity index (χ2v) is 4.31. The lowest BCUT2D eigenvalue weighted by atomic mass is 10.1. The Labute approximate surface area is 119 Å². The van der Waals surface area contributed by atoms with Crippen molar-refractivity contribution >= 4 is 5.69 Å². The van der Waals surface area contributed by atoms with E-state index < -0.39 is 0 Å². The zero-order valence-corrected chi connectivity index (χ0v) is 11.2. The lowest BCUT2D eigenvalue weighted by Gasteiger charge is -2.12. The maximum absolute atomic E-state index is 9.12. The Morgan fingerprint density at radius 3 is 2.80 bits per heavy atom. The number of ether oxygens (including phenoxy) is 1. The first-order valence-electron chi connectivity index (χ1n) is 6.41. The quantitative estimate of drug-likeness (QED) is 0.791. The van der Waals surface area contributed by atoms with Crippen molar-refractivity contribution in [3.05, 3.63) is 59.7 Å². The molecule has 0 atom stereocenters. The van der Waals surface area contributed by atoms with E-state index in [0.29, 0.717) is 6.54 Å². The second kappa shape index (κ2) is 7.22. The molecule has 0 spiro atoms. The largest absolute Gasteiger partial charge is 0.481 e. The molecule has 2 rings (SSSR count). The molecule has 20 heavy (non-hydrogen) atoms. The van der Waals surface area contributed by atoms with E-state index in [2.05, 4.69) is 11.2 Å². The average Bonchev–Trinajstić information content (AvgIpc) is 2.52. The van der Waals surface area contributed by atoms with Crippen molar-refractivity contribution in [2.24, 2.45) is 0 Å². The van der Waals surface area contributed by atoms with E-state index in [1.165, 1.54) is 0 Å². The van der Waals surface area contributed by atoms with Crippen molar-refractivity contribution < 1.29 is 9.84 Å². The maximum Gasteiger partial charge on any atom is 0.148 e. The number of para-hydroxylation sites is 1. The molecule has 0 saturated carbocycles. The topological polar surface area (TPSA) is 41.5 Å². The molecule has 0 radical (unpaired) electrons. The number of nitrogens with one attached hydrogen (secondary N) is 1. The number of aliphatic hydroxyl groups excluding tert-OH is 1. The highest BCUT2D eigenvalue weighted by Gasteiger charge is 2.02. The molecule has 0 aromatic heterocycles. The van der Waals surface area contributed by atoms with Crippen LogP contribution in [-0.4, -0.2) is 11.7 Å². The predicted octanol–water partition coefficient (Wildman–Crippen LogP) is 2.80. The zero-order valence-electron chi connectivity index (χ0n) is 11.2. The number of hydrogen-bond acceptors (Lipinski definition) is 3. The van der Waals surface area contributed by atoms with Crippen LogP contribution in [0.3, 0.4) is 0 Å². The van der Waals surface area contributed by atoms with Crippen LogP contribution in [0.2, 0.25) is 0 Å². The van der Waals surface area contributed by atoms with Gasteiger partial charge in [-0.05, 0) is 23.8 Å². The highest BCUT2D eigenvalue weighted by molar-refractivity contribution is 5.47. The van der Waals surface area contributed by atoms with Gasteiger partial charge in [-0.25, -0.2) is 0 Å². The molecule has 2 N–H and O–H groups in total. The first-order valence-corrected chi connectivity index (χ1v) is 6.41. The molecule has 0 aliphatic heterocycles. The summed E-state index contributed by atoms with van der Waals surface area (Å²) in [6.45, 7) is 0.935. The lowest BCUT2D eigenvalue weighted by Crippen LogP contribution is -2.03. The van der Waals surface area contributed by atoms with E-state index in [1.54, 1.807) is 0 Å². The normalized spacial score (nSPS) is 9.80. The number of anilines is 1. The molecule has 0 fully saturated rings.